The standard InChI is InChI=1S/C20H25N3O2/c1-15-5-3-4-6-17(15)12-20(24)23-9-10-25-19(13-23)8-7-18-11-16(2)21-14-22-18/h3-6,11,14,19H,7-10,12-13H2,1-2H3. The van der Waals surface area contributed by atoms with Gasteiger partial charge in [0.25, 0.3) is 0 Å². The van der Waals surface area contributed by atoms with Crippen molar-refractivity contribution in [2.45, 2.75) is 39.2 Å². The Morgan fingerprint density at radius 1 is 1.28 bits per heavy atom. The number of morpholine rings is 1. The fourth-order valence-electron chi connectivity index (χ4n) is 3.16. The summed E-state index contributed by atoms with van der Waals surface area (Å²) in [6, 6.07) is 10.1. The van der Waals surface area contributed by atoms with Gasteiger partial charge in [-0.2, -0.15) is 0 Å². The number of benzene rings is 1. The molecule has 1 unspecified atom stereocenters. The topological polar surface area (TPSA) is 55.3 Å². The van der Waals surface area contributed by atoms with E-state index >= 15 is 0 Å². The van der Waals surface area contributed by atoms with Crippen LogP contribution in [0.15, 0.2) is 36.7 Å². The number of rotatable bonds is 5. The summed E-state index contributed by atoms with van der Waals surface area (Å²) in [5.74, 6) is 0.181. The summed E-state index contributed by atoms with van der Waals surface area (Å²) >= 11 is 0. The molecule has 1 saturated heterocycles. The first-order chi connectivity index (χ1) is 12.1. The van der Waals surface area contributed by atoms with Crippen molar-refractivity contribution < 1.29 is 9.53 Å². The molecule has 1 aliphatic rings. The summed E-state index contributed by atoms with van der Waals surface area (Å²) in [7, 11) is 0. The molecule has 0 N–H and O–H groups in total. The van der Waals surface area contributed by atoms with Gasteiger partial charge < -0.3 is 9.64 Å². The van der Waals surface area contributed by atoms with Gasteiger partial charge in [-0.3, -0.25) is 4.79 Å². The molecule has 3 rings (SSSR count). The molecule has 25 heavy (non-hydrogen) atoms. The Labute approximate surface area is 149 Å². The quantitative estimate of drug-likeness (QED) is 0.840. The van der Waals surface area contributed by atoms with E-state index in [-0.39, 0.29) is 12.0 Å². The number of aryl methyl sites for hydroxylation is 3. The van der Waals surface area contributed by atoms with Gasteiger partial charge in [0.05, 0.1) is 19.1 Å². The Morgan fingerprint density at radius 3 is 2.92 bits per heavy atom. The highest BCUT2D eigenvalue weighted by molar-refractivity contribution is 5.79. The zero-order valence-electron chi connectivity index (χ0n) is 14.9. The van der Waals surface area contributed by atoms with Crippen LogP contribution in [-0.4, -0.2) is 46.6 Å². The van der Waals surface area contributed by atoms with Crippen LogP contribution in [0.3, 0.4) is 0 Å². The Hall–Kier alpha value is -2.27. The second-order valence-electron chi connectivity index (χ2n) is 6.63. The summed E-state index contributed by atoms with van der Waals surface area (Å²) in [5, 5.41) is 0. The average molecular weight is 339 g/mol. The lowest BCUT2D eigenvalue weighted by Crippen LogP contribution is -2.46. The maximum absolute atomic E-state index is 12.6. The van der Waals surface area contributed by atoms with E-state index in [0.717, 1.165) is 29.8 Å². The molecular formula is C20H25N3O2. The number of carbonyl (C=O) groups excluding carboxylic acids is 1. The van der Waals surface area contributed by atoms with Gasteiger partial charge in [-0.15, -0.1) is 0 Å². The van der Waals surface area contributed by atoms with Crippen molar-refractivity contribution in [3.63, 3.8) is 0 Å². The van der Waals surface area contributed by atoms with E-state index in [1.54, 1.807) is 6.33 Å². The van der Waals surface area contributed by atoms with Crippen LogP contribution in [0.4, 0.5) is 0 Å². The van der Waals surface area contributed by atoms with Crippen LogP contribution >= 0.6 is 0 Å². The van der Waals surface area contributed by atoms with E-state index in [4.69, 9.17) is 4.74 Å². The predicted molar refractivity (Wildman–Crippen MR) is 96.3 cm³/mol. The van der Waals surface area contributed by atoms with Gasteiger partial charge in [-0.1, -0.05) is 24.3 Å². The fourth-order valence-corrected chi connectivity index (χ4v) is 3.16. The molecule has 0 bridgehead atoms. The second kappa shape index (κ2) is 8.21. The first-order valence-electron chi connectivity index (χ1n) is 8.83. The van der Waals surface area contributed by atoms with E-state index in [0.29, 0.717) is 26.1 Å². The number of amides is 1. The number of hydrogen-bond acceptors (Lipinski definition) is 4. The molecule has 0 radical (unpaired) electrons. The van der Waals surface area contributed by atoms with E-state index < -0.39 is 0 Å². The fraction of sp³-hybridized carbons (Fsp3) is 0.450. The summed E-state index contributed by atoms with van der Waals surface area (Å²) in [4.78, 5) is 23.0. The number of aromatic nitrogens is 2. The minimum Gasteiger partial charge on any atom is -0.375 e. The smallest absolute Gasteiger partial charge is 0.227 e. The molecule has 0 aliphatic carbocycles. The Bertz CT molecular complexity index is 732. The normalized spacial score (nSPS) is 17.5. The summed E-state index contributed by atoms with van der Waals surface area (Å²) in [5.41, 5.74) is 4.27. The van der Waals surface area contributed by atoms with E-state index in [1.807, 2.05) is 36.1 Å². The molecule has 132 valence electrons. The maximum atomic E-state index is 12.6. The second-order valence-corrected chi connectivity index (χ2v) is 6.63. The third-order valence-electron chi connectivity index (χ3n) is 4.68. The highest BCUT2D eigenvalue weighted by Gasteiger charge is 2.24. The van der Waals surface area contributed by atoms with Crippen molar-refractivity contribution in [1.82, 2.24) is 14.9 Å². The highest BCUT2D eigenvalue weighted by Crippen LogP contribution is 2.15. The molecule has 1 aliphatic heterocycles. The number of carbonyl (C=O) groups is 1. The van der Waals surface area contributed by atoms with Gasteiger partial charge in [0.1, 0.15) is 6.33 Å². The molecule has 2 heterocycles. The third kappa shape index (κ3) is 4.86. The maximum Gasteiger partial charge on any atom is 0.227 e. The van der Waals surface area contributed by atoms with Gasteiger partial charge in [0.2, 0.25) is 5.91 Å². The van der Waals surface area contributed by atoms with Crippen molar-refractivity contribution >= 4 is 5.91 Å². The summed E-state index contributed by atoms with van der Waals surface area (Å²) in [6.45, 7) is 5.96. The third-order valence-corrected chi connectivity index (χ3v) is 4.68. The zero-order chi connectivity index (χ0) is 17.6. The summed E-state index contributed by atoms with van der Waals surface area (Å²) < 4.78 is 5.85. The molecule has 5 nitrogen and oxygen atoms in total. The molecule has 5 heteroatoms. The monoisotopic (exact) mass is 339 g/mol. The molecule has 0 saturated carbocycles. The van der Waals surface area contributed by atoms with Gasteiger partial charge in [0, 0.05) is 24.5 Å². The van der Waals surface area contributed by atoms with E-state index in [9.17, 15) is 4.79 Å². The Kier molecular flexibility index (Phi) is 5.76. The SMILES string of the molecule is Cc1cc(CCC2CN(C(=O)Cc3ccccc3C)CCO2)ncn1. The predicted octanol–water partition coefficient (Wildman–Crippen LogP) is 2.50. The molecule has 1 fully saturated rings. The van der Waals surface area contributed by atoms with Crippen LogP contribution in [0.5, 0.6) is 0 Å². The van der Waals surface area contributed by atoms with Crippen molar-refractivity contribution in [3.05, 3.63) is 59.2 Å². The number of ether oxygens (including phenoxy) is 1. The molecular weight excluding hydrogens is 314 g/mol. The van der Waals surface area contributed by atoms with Crippen LogP contribution in [0, 0.1) is 13.8 Å². The van der Waals surface area contributed by atoms with Crippen molar-refractivity contribution in [2.24, 2.45) is 0 Å². The number of nitrogens with zero attached hydrogens (tertiary/aromatic N) is 3. The Balaban J connectivity index is 1.53. The van der Waals surface area contributed by atoms with Crippen LogP contribution in [0.2, 0.25) is 0 Å². The van der Waals surface area contributed by atoms with Crippen LogP contribution in [0.25, 0.3) is 0 Å². The van der Waals surface area contributed by atoms with Crippen LogP contribution in [0.1, 0.15) is 28.9 Å². The van der Waals surface area contributed by atoms with Crippen LogP contribution < -0.4 is 0 Å². The van der Waals surface area contributed by atoms with E-state index in [1.165, 1.54) is 5.56 Å². The molecule has 1 aromatic carbocycles. The van der Waals surface area contributed by atoms with Crippen molar-refractivity contribution in [2.75, 3.05) is 19.7 Å². The molecule has 1 amide bonds. The van der Waals surface area contributed by atoms with Crippen molar-refractivity contribution in [3.8, 4) is 0 Å². The van der Waals surface area contributed by atoms with Gasteiger partial charge >= 0.3 is 0 Å². The van der Waals surface area contributed by atoms with Gasteiger partial charge in [-0.05, 0) is 43.9 Å². The van der Waals surface area contributed by atoms with Gasteiger partial charge in [0.15, 0.2) is 0 Å². The first-order valence-corrected chi connectivity index (χ1v) is 8.83. The molecule has 1 aromatic heterocycles. The first kappa shape index (κ1) is 17.5. The largest absolute Gasteiger partial charge is 0.375 e. The van der Waals surface area contributed by atoms with Crippen LogP contribution in [-0.2, 0) is 22.4 Å². The Morgan fingerprint density at radius 2 is 2.12 bits per heavy atom. The zero-order valence-corrected chi connectivity index (χ0v) is 14.9. The minimum atomic E-state index is 0.0739. The molecule has 0 spiro atoms. The lowest BCUT2D eigenvalue weighted by Gasteiger charge is -2.33. The lowest BCUT2D eigenvalue weighted by atomic mass is 10.0. The van der Waals surface area contributed by atoms with Crippen molar-refractivity contribution in [1.29, 1.82) is 0 Å². The lowest BCUT2D eigenvalue weighted by molar-refractivity contribution is -0.138. The average Bonchev–Trinajstić information content (AvgIpc) is 2.62. The minimum absolute atomic E-state index is 0.0739. The highest BCUT2D eigenvalue weighted by atomic mass is 16.5. The number of hydrogen-bond donors (Lipinski definition) is 0. The molecule has 1 atom stereocenters. The summed E-state index contributed by atoms with van der Waals surface area (Å²) in [6.07, 6.45) is 3.85. The molecule has 2 aromatic rings. The van der Waals surface area contributed by atoms with E-state index in [2.05, 4.69) is 23.0 Å². The van der Waals surface area contributed by atoms with Gasteiger partial charge in [-0.25, -0.2) is 9.97 Å².